The van der Waals surface area contributed by atoms with E-state index in [4.69, 9.17) is 4.74 Å². The first-order valence-corrected chi connectivity index (χ1v) is 7.38. The number of aliphatic hydroxyl groups is 1. The van der Waals surface area contributed by atoms with Gasteiger partial charge in [0.2, 0.25) is 0 Å². The van der Waals surface area contributed by atoms with Crippen molar-refractivity contribution in [2.24, 2.45) is 0 Å². The highest BCUT2D eigenvalue weighted by atomic mass is 79.9. The highest BCUT2D eigenvalue weighted by Gasteiger charge is 2.14. The van der Waals surface area contributed by atoms with Gasteiger partial charge in [-0.05, 0) is 37.3 Å². The van der Waals surface area contributed by atoms with Crippen LogP contribution in [0.1, 0.15) is 18.5 Å². The molecular weight excluding hydrogens is 318 g/mol. The Labute approximate surface area is 127 Å². The average molecular weight is 336 g/mol. The number of aliphatic hydroxyl groups excluding tert-OH is 1. The Morgan fingerprint density at radius 3 is 2.50 bits per heavy atom. The molecule has 0 spiro atoms. The summed E-state index contributed by atoms with van der Waals surface area (Å²) in [6.07, 6.45) is 0. The summed E-state index contributed by atoms with van der Waals surface area (Å²) < 4.78 is 6.64. The van der Waals surface area contributed by atoms with Crippen LogP contribution in [-0.2, 0) is 0 Å². The third-order valence-corrected chi connectivity index (χ3v) is 3.49. The second kappa shape index (κ2) is 7.31. The predicted octanol–water partition coefficient (Wildman–Crippen LogP) is 3.99. The number of hydrogen-bond donors (Lipinski definition) is 2. The summed E-state index contributed by atoms with van der Waals surface area (Å²) in [7, 11) is 0. The van der Waals surface area contributed by atoms with Crippen LogP contribution < -0.4 is 10.1 Å². The number of hydrogen-bond acceptors (Lipinski definition) is 3. The molecule has 0 saturated heterocycles. The Hall–Kier alpha value is -1.52. The van der Waals surface area contributed by atoms with Crippen LogP contribution in [0.5, 0.6) is 5.75 Å². The van der Waals surface area contributed by atoms with Gasteiger partial charge in [-0.15, -0.1) is 0 Å². The second-order valence-electron chi connectivity index (χ2n) is 4.36. The lowest BCUT2D eigenvalue weighted by Gasteiger charge is -2.21. The first-order chi connectivity index (χ1) is 9.74. The molecule has 2 N–H and O–H groups in total. The van der Waals surface area contributed by atoms with Gasteiger partial charge < -0.3 is 15.2 Å². The number of ether oxygens (including phenoxy) is 1. The van der Waals surface area contributed by atoms with Gasteiger partial charge >= 0.3 is 0 Å². The molecular formula is C16H18BrNO2. The summed E-state index contributed by atoms with van der Waals surface area (Å²) in [4.78, 5) is 0. The van der Waals surface area contributed by atoms with Crippen molar-refractivity contribution in [1.29, 1.82) is 0 Å². The SMILES string of the molecule is CCOc1ccccc1C(CO)Nc1ccc(Br)cc1. The van der Waals surface area contributed by atoms with Crippen molar-refractivity contribution in [2.45, 2.75) is 13.0 Å². The standard InChI is InChI=1S/C16H18BrNO2/c1-2-20-16-6-4-3-5-14(16)15(11-19)18-13-9-7-12(17)8-10-13/h3-10,15,18-19H,2,11H2,1H3. The molecule has 0 saturated carbocycles. The van der Waals surface area contributed by atoms with Crippen molar-refractivity contribution in [3.05, 3.63) is 58.6 Å². The molecule has 106 valence electrons. The average Bonchev–Trinajstić information content (AvgIpc) is 2.48. The smallest absolute Gasteiger partial charge is 0.124 e. The number of para-hydroxylation sites is 1. The van der Waals surface area contributed by atoms with Crippen LogP contribution in [0.15, 0.2) is 53.0 Å². The Kier molecular flexibility index (Phi) is 5.44. The van der Waals surface area contributed by atoms with Crippen LogP contribution in [0.2, 0.25) is 0 Å². The summed E-state index contributed by atoms with van der Waals surface area (Å²) in [6, 6.07) is 15.4. The minimum Gasteiger partial charge on any atom is -0.494 e. The van der Waals surface area contributed by atoms with Crippen LogP contribution in [0.25, 0.3) is 0 Å². The maximum absolute atomic E-state index is 9.66. The molecule has 0 radical (unpaired) electrons. The Morgan fingerprint density at radius 1 is 1.15 bits per heavy atom. The van der Waals surface area contributed by atoms with Gasteiger partial charge in [0.15, 0.2) is 0 Å². The van der Waals surface area contributed by atoms with Gasteiger partial charge in [-0.2, -0.15) is 0 Å². The van der Waals surface area contributed by atoms with E-state index in [1.807, 2.05) is 55.5 Å². The molecule has 0 fully saturated rings. The minimum atomic E-state index is -0.195. The second-order valence-corrected chi connectivity index (χ2v) is 5.27. The summed E-state index contributed by atoms with van der Waals surface area (Å²) in [5.74, 6) is 0.804. The number of benzene rings is 2. The van der Waals surface area contributed by atoms with E-state index in [-0.39, 0.29) is 12.6 Å². The quantitative estimate of drug-likeness (QED) is 0.838. The third-order valence-electron chi connectivity index (χ3n) is 2.96. The van der Waals surface area contributed by atoms with E-state index in [0.29, 0.717) is 6.61 Å². The van der Waals surface area contributed by atoms with Crippen molar-refractivity contribution in [3.63, 3.8) is 0 Å². The van der Waals surface area contributed by atoms with Gasteiger partial charge in [0.1, 0.15) is 5.75 Å². The third kappa shape index (κ3) is 3.74. The fourth-order valence-corrected chi connectivity index (χ4v) is 2.29. The van der Waals surface area contributed by atoms with Gasteiger partial charge in [-0.3, -0.25) is 0 Å². The Morgan fingerprint density at radius 2 is 1.85 bits per heavy atom. The molecule has 2 aromatic rings. The number of anilines is 1. The molecule has 0 heterocycles. The van der Waals surface area contributed by atoms with Gasteiger partial charge in [0.05, 0.1) is 19.3 Å². The molecule has 1 unspecified atom stereocenters. The van der Waals surface area contributed by atoms with Crippen molar-refractivity contribution >= 4 is 21.6 Å². The zero-order valence-electron chi connectivity index (χ0n) is 11.3. The van der Waals surface area contributed by atoms with E-state index in [1.54, 1.807) is 0 Å². The lowest BCUT2D eigenvalue weighted by atomic mass is 10.1. The molecule has 0 aromatic heterocycles. The molecule has 0 aliphatic rings. The summed E-state index contributed by atoms with van der Waals surface area (Å²) >= 11 is 3.41. The largest absolute Gasteiger partial charge is 0.494 e. The highest BCUT2D eigenvalue weighted by molar-refractivity contribution is 9.10. The molecule has 0 aliphatic heterocycles. The Bertz CT molecular complexity index is 542. The Balaban J connectivity index is 2.21. The molecule has 0 amide bonds. The van der Waals surface area contributed by atoms with Crippen molar-refractivity contribution in [2.75, 3.05) is 18.5 Å². The van der Waals surface area contributed by atoms with E-state index < -0.39 is 0 Å². The lowest BCUT2D eigenvalue weighted by molar-refractivity contribution is 0.270. The predicted molar refractivity (Wildman–Crippen MR) is 85.2 cm³/mol. The zero-order chi connectivity index (χ0) is 14.4. The van der Waals surface area contributed by atoms with Crippen LogP contribution in [0, 0.1) is 0 Å². The van der Waals surface area contributed by atoms with E-state index in [0.717, 1.165) is 21.5 Å². The number of nitrogens with one attached hydrogen (secondary N) is 1. The van der Waals surface area contributed by atoms with Gasteiger partial charge in [-0.1, -0.05) is 34.1 Å². The molecule has 2 aromatic carbocycles. The van der Waals surface area contributed by atoms with Crippen molar-refractivity contribution in [3.8, 4) is 5.75 Å². The highest BCUT2D eigenvalue weighted by Crippen LogP contribution is 2.28. The van der Waals surface area contributed by atoms with Crippen LogP contribution >= 0.6 is 15.9 Å². The van der Waals surface area contributed by atoms with Gasteiger partial charge in [0, 0.05) is 15.7 Å². The molecule has 20 heavy (non-hydrogen) atoms. The summed E-state index contributed by atoms with van der Waals surface area (Å²) in [5, 5.41) is 13.0. The topological polar surface area (TPSA) is 41.5 Å². The number of rotatable bonds is 6. The zero-order valence-corrected chi connectivity index (χ0v) is 12.9. The fourth-order valence-electron chi connectivity index (χ4n) is 2.02. The summed E-state index contributed by atoms with van der Waals surface area (Å²) in [6.45, 7) is 2.56. The molecule has 4 heteroatoms. The van der Waals surface area contributed by atoms with Crippen molar-refractivity contribution in [1.82, 2.24) is 0 Å². The molecule has 2 rings (SSSR count). The minimum absolute atomic E-state index is 0.000150. The lowest BCUT2D eigenvalue weighted by Crippen LogP contribution is -2.16. The maximum Gasteiger partial charge on any atom is 0.124 e. The monoisotopic (exact) mass is 335 g/mol. The summed E-state index contributed by atoms with van der Waals surface area (Å²) in [5.41, 5.74) is 1.92. The van der Waals surface area contributed by atoms with E-state index in [9.17, 15) is 5.11 Å². The van der Waals surface area contributed by atoms with Gasteiger partial charge in [-0.25, -0.2) is 0 Å². The normalized spacial score (nSPS) is 11.9. The first-order valence-electron chi connectivity index (χ1n) is 6.59. The molecule has 1 atom stereocenters. The molecule has 3 nitrogen and oxygen atoms in total. The molecule has 0 aliphatic carbocycles. The first kappa shape index (κ1) is 14.9. The van der Waals surface area contributed by atoms with Crippen LogP contribution in [0.3, 0.4) is 0 Å². The fraction of sp³-hybridized carbons (Fsp3) is 0.250. The number of halogens is 1. The molecule has 0 bridgehead atoms. The van der Waals surface area contributed by atoms with E-state index >= 15 is 0 Å². The van der Waals surface area contributed by atoms with Gasteiger partial charge in [0.25, 0.3) is 0 Å². The van der Waals surface area contributed by atoms with Crippen LogP contribution in [0.4, 0.5) is 5.69 Å². The van der Waals surface area contributed by atoms with E-state index in [1.165, 1.54) is 0 Å². The van der Waals surface area contributed by atoms with E-state index in [2.05, 4.69) is 21.2 Å². The maximum atomic E-state index is 9.66. The van der Waals surface area contributed by atoms with Crippen molar-refractivity contribution < 1.29 is 9.84 Å². The van der Waals surface area contributed by atoms with Crippen LogP contribution in [-0.4, -0.2) is 18.3 Å².